The van der Waals surface area contributed by atoms with E-state index in [4.69, 9.17) is 10.5 Å². The Bertz CT molecular complexity index is 1060. The third-order valence-electron chi connectivity index (χ3n) is 4.05. The monoisotopic (exact) mass is 360 g/mol. The fourth-order valence-electron chi connectivity index (χ4n) is 2.60. The molecule has 1 fully saturated rings. The molecule has 3 N–H and O–H groups in total. The maximum atomic E-state index is 12.5. The first-order valence-corrected chi connectivity index (χ1v) is 9.09. The summed E-state index contributed by atoms with van der Waals surface area (Å²) in [7, 11) is -3.62. The van der Waals surface area contributed by atoms with Crippen molar-refractivity contribution in [1.29, 1.82) is 0 Å². The average Bonchev–Trinajstić information content (AvgIpc) is 2.97. The van der Waals surface area contributed by atoms with Gasteiger partial charge in [0.15, 0.2) is 0 Å². The molecule has 1 saturated heterocycles. The number of benzene rings is 1. The minimum atomic E-state index is -3.62. The molecule has 3 aromatic rings. The Balaban J connectivity index is 1.77. The number of nitrogens with one attached hydrogen (secondary N) is 1. The number of imidazole rings is 1. The molecule has 0 aliphatic carbocycles. The number of ether oxygens (including phenoxy) is 1. The zero-order valence-corrected chi connectivity index (χ0v) is 14.2. The SMILES string of the molecule is Cc1ccc(S(=O)(=O)NC2COC2)cc1-c1cn2c(N)ncnc2n1. The van der Waals surface area contributed by atoms with Gasteiger partial charge in [-0.05, 0) is 24.6 Å². The Hall–Kier alpha value is -2.56. The van der Waals surface area contributed by atoms with Crippen molar-refractivity contribution in [1.82, 2.24) is 24.1 Å². The standard InChI is InChI=1S/C15H16N6O3S/c1-9-2-3-11(25(22,23)20-10-6-24-7-10)4-12(9)13-5-21-14(16)17-8-18-15(21)19-13/h2-5,8,10,20H,6-7H2,1H3,(H2,16,17,18,19). The summed E-state index contributed by atoms with van der Waals surface area (Å²) in [5.74, 6) is 0.664. The molecule has 1 aromatic carbocycles. The number of nitrogen functional groups attached to an aromatic ring is 1. The zero-order valence-electron chi connectivity index (χ0n) is 13.4. The van der Waals surface area contributed by atoms with Crippen LogP contribution in [0.25, 0.3) is 17.0 Å². The summed E-state index contributed by atoms with van der Waals surface area (Å²) in [6.07, 6.45) is 3.02. The third kappa shape index (κ3) is 2.84. The Kier molecular flexibility index (Phi) is 3.67. The number of aryl methyl sites for hydroxylation is 1. The second-order valence-electron chi connectivity index (χ2n) is 5.86. The van der Waals surface area contributed by atoms with Crippen LogP contribution < -0.4 is 10.5 Å². The second-order valence-corrected chi connectivity index (χ2v) is 7.57. The first kappa shape index (κ1) is 15.9. The van der Waals surface area contributed by atoms with E-state index in [0.717, 1.165) is 5.56 Å². The van der Waals surface area contributed by atoms with Gasteiger partial charge in [0.05, 0.1) is 29.8 Å². The van der Waals surface area contributed by atoms with Crippen LogP contribution in [-0.2, 0) is 14.8 Å². The number of nitrogens with zero attached hydrogens (tertiary/aromatic N) is 4. The summed E-state index contributed by atoms with van der Waals surface area (Å²) in [5.41, 5.74) is 7.97. The molecule has 1 aliphatic heterocycles. The van der Waals surface area contributed by atoms with Crippen LogP contribution in [0.3, 0.4) is 0 Å². The number of aromatic nitrogens is 4. The van der Waals surface area contributed by atoms with Crippen LogP contribution >= 0.6 is 0 Å². The quantitative estimate of drug-likeness (QED) is 0.688. The Morgan fingerprint density at radius 3 is 2.80 bits per heavy atom. The first-order chi connectivity index (χ1) is 11.9. The minimum absolute atomic E-state index is 0.177. The Morgan fingerprint density at radius 2 is 2.12 bits per heavy atom. The average molecular weight is 360 g/mol. The van der Waals surface area contributed by atoms with Gasteiger partial charge in [-0.25, -0.2) is 28.1 Å². The van der Waals surface area contributed by atoms with Gasteiger partial charge in [0.1, 0.15) is 6.33 Å². The van der Waals surface area contributed by atoms with Crippen molar-refractivity contribution in [3.63, 3.8) is 0 Å². The van der Waals surface area contributed by atoms with E-state index in [9.17, 15) is 8.42 Å². The fraction of sp³-hybridized carbons (Fsp3) is 0.267. The first-order valence-electron chi connectivity index (χ1n) is 7.61. The minimum Gasteiger partial charge on any atom is -0.378 e. The smallest absolute Gasteiger partial charge is 0.240 e. The number of sulfonamides is 1. The molecule has 1 aliphatic rings. The summed E-state index contributed by atoms with van der Waals surface area (Å²) < 4.78 is 34.2. The number of hydrogen-bond donors (Lipinski definition) is 2. The molecule has 3 heterocycles. The molecule has 0 radical (unpaired) electrons. The van der Waals surface area contributed by atoms with Crippen molar-refractivity contribution in [2.24, 2.45) is 0 Å². The maximum Gasteiger partial charge on any atom is 0.240 e. The van der Waals surface area contributed by atoms with Crippen molar-refractivity contribution < 1.29 is 13.2 Å². The molecular formula is C15H16N6O3S. The van der Waals surface area contributed by atoms with Crippen LogP contribution in [0.1, 0.15) is 5.56 Å². The molecule has 0 amide bonds. The molecule has 0 bridgehead atoms. The maximum absolute atomic E-state index is 12.5. The highest BCUT2D eigenvalue weighted by molar-refractivity contribution is 7.89. The van der Waals surface area contributed by atoms with Crippen LogP contribution in [0, 0.1) is 6.92 Å². The summed E-state index contributed by atoms with van der Waals surface area (Å²) in [4.78, 5) is 12.6. The summed E-state index contributed by atoms with van der Waals surface area (Å²) >= 11 is 0. The predicted octanol–water partition coefficient (Wildman–Crippen LogP) is 0.359. The third-order valence-corrected chi connectivity index (χ3v) is 5.57. The highest BCUT2D eigenvalue weighted by Crippen LogP contribution is 2.26. The molecule has 25 heavy (non-hydrogen) atoms. The molecule has 0 atom stereocenters. The highest BCUT2D eigenvalue weighted by atomic mass is 32.2. The molecule has 0 unspecified atom stereocenters. The number of rotatable bonds is 4. The van der Waals surface area contributed by atoms with E-state index >= 15 is 0 Å². The summed E-state index contributed by atoms with van der Waals surface area (Å²) in [6.45, 7) is 2.67. The highest BCUT2D eigenvalue weighted by Gasteiger charge is 2.26. The van der Waals surface area contributed by atoms with Gasteiger partial charge in [0, 0.05) is 11.8 Å². The largest absolute Gasteiger partial charge is 0.378 e. The lowest BCUT2D eigenvalue weighted by atomic mass is 10.1. The van der Waals surface area contributed by atoms with Crippen LogP contribution in [0.15, 0.2) is 35.6 Å². The summed E-state index contributed by atoms with van der Waals surface area (Å²) in [6, 6.07) is 4.74. The molecule has 130 valence electrons. The Morgan fingerprint density at radius 1 is 1.32 bits per heavy atom. The van der Waals surface area contributed by atoms with Gasteiger partial charge in [-0.2, -0.15) is 0 Å². The number of anilines is 1. The van der Waals surface area contributed by atoms with Crippen molar-refractivity contribution in [2.75, 3.05) is 18.9 Å². The van der Waals surface area contributed by atoms with Gasteiger partial charge in [0.2, 0.25) is 21.7 Å². The molecule has 9 nitrogen and oxygen atoms in total. The van der Waals surface area contributed by atoms with Crippen LogP contribution in [-0.4, -0.2) is 47.0 Å². The lowest BCUT2D eigenvalue weighted by Crippen LogP contribution is -2.48. The van der Waals surface area contributed by atoms with Crippen molar-refractivity contribution in [3.8, 4) is 11.3 Å². The van der Waals surface area contributed by atoms with Crippen molar-refractivity contribution in [3.05, 3.63) is 36.3 Å². The van der Waals surface area contributed by atoms with E-state index in [0.29, 0.717) is 30.2 Å². The summed E-state index contributed by atoms with van der Waals surface area (Å²) in [5, 5.41) is 0. The molecule has 10 heteroatoms. The van der Waals surface area contributed by atoms with Crippen molar-refractivity contribution in [2.45, 2.75) is 17.9 Å². The van der Waals surface area contributed by atoms with Gasteiger partial charge >= 0.3 is 0 Å². The van der Waals surface area contributed by atoms with Gasteiger partial charge < -0.3 is 10.5 Å². The lowest BCUT2D eigenvalue weighted by Gasteiger charge is -2.26. The molecule has 0 spiro atoms. The zero-order chi connectivity index (χ0) is 17.6. The normalized spacial score (nSPS) is 15.4. The van der Waals surface area contributed by atoms with Gasteiger partial charge in [0.25, 0.3) is 0 Å². The number of hydrogen-bond acceptors (Lipinski definition) is 7. The van der Waals surface area contributed by atoms with Crippen LogP contribution in [0.5, 0.6) is 0 Å². The topological polar surface area (TPSA) is 124 Å². The van der Waals surface area contributed by atoms with E-state index in [1.165, 1.54) is 6.33 Å². The molecule has 0 saturated carbocycles. The Labute approximate surface area is 143 Å². The van der Waals surface area contributed by atoms with E-state index in [1.54, 1.807) is 28.8 Å². The van der Waals surface area contributed by atoms with E-state index in [-0.39, 0.29) is 16.9 Å². The predicted molar refractivity (Wildman–Crippen MR) is 90.3 cm³/mol. The number of fused-ring (bicyclic) bond motifs is 1. The number of nitrogens with two attached hydrogens (primary N) is 1. The molecule has 2 aromatic heterocycles. The van der Waals surface area contributed by atoms with Gasteiger partial charge in [-0.15, -0.1) is 0 Å². The fourth-order valence-corrected chi connectivity index (χ4v) is 3.83. The van der Waals surface area contributed by atoms with E-state index in [1.807, 2.05) is 6.92 Å². The molecule has 4 rings (SSSR count). The van der Waals surface area contributed by atoms with Crippen LogP contribution in [0.4, 0.5) is 5.95 Å². The molecular weight excluding hydrogens is 344 g/mol. The second kappa shape index (κ2) is 5.76. The van der Waals surface area contributed by atoms with Crippen molar-refractivity contribution >= 4 is 21.7 Å². The van der Waals surface area contributed by atoms with Crippen LogP contribution in [0.2, 0.25) is 0 Å². The van der Waals surface area contributed by atoms with Gasteiger partial charge in [-0.3, -0.25) is 4.40 Å². The lowest BCUT2D eigenvalue weighted by molar-refractivity contribution is 0.00482. The van der Waals surface area contributed by atoms with E-state index in [2.05, 4.69) is 19.7 Å². The van der Waals surface area contributed by atoms with Gasteiger partial charge in [-0.1, -0.05) is 6.07 Å². The van der Waals surface area contributed by atoms with E-state index < -0.39 is 10.0 Å².